The minimum absolute atomic E-state index is 0.0715. The number of nitrogens with zero attached hydrogens (tertiary/aromatic N) is 1. The molecule has 4 aliphatic carbocycles. The van der Waals surface area contributed by atoms with Crippen LogP contribution in [0.25, 0.3) is 0 Å². The minimum Gasteiger partial charge on any atom is -0.504 e. The molecular formula is C29H41NO6S. The Morgan fingerprint density at radius 3 is 2.57 bits per heavy atom. The molecule has 3 saturated carbocycles. The lowest BCUT2D eigenvalue weighted by atomic mass is 9.33. The van der Waals surface area contributed by atoms with Gasteiger partial charge in [0.1, 0.15) is 11.7 Å². The van der Waals surface area contributed by atoms with E-state index in [2.05, 4.69) is 32.3 Å². The first-order chi connectivity index (χ1) is 17.1. The van der Waals surface area contributed by atoms with Crippen LogP contribution in [0.2, 0.25) is 0 Å². The third kappa shape index (κ3) is 2.86. The largest absolute Gasteiger partial charge is 0.504 e. The molecule has 0 aromatic heterocycles. The number of hydrogen-bond donors (Lipinski definition) is 2. The Labute approximate surface area is 220 Å². The van der Waals surface area contributed by atoms with Crippen LogP contribution in [0.5, 0.6) is 11.5 Å². The van der Waals surface area contributed by atoms with E-state index in [1.54, 1.807) is 13.2 Å². The Kier molecular flexibility index (Phi) is 5.07. The molecule has 7 atom stereocenters. The summed E-state index contributed by atoms with van der Waals surface area (Å²) >= 11 is 0. The van der Waals surface area contributed by atoms with Crippen molar-refractivity contribution in [2.45, 2.75) is 88.6 Å². The molecule has 204 valence electrons. The fourth-order valence-corrected chi connectivity index (χ4v) is 9.66. The summed E-state index contributed by atoms with van der Waals surface area (Å²) in [7, 11) is -1.62. The predicted octanol–water partition coefficient (Wildman–Crippen LogP) is 3.56. The lowest BCUT2D eigenvalue weighted by molar-refractivity contribution is -0.312. The van der Waals surface area contributed by atoms with Gasteiger partial charge in [0.2, 0.25) is 0 Å². The van der Waals surface area contributed by atoms with Crippen molar-refractivity contribution < 1.29 is 28.1 Å². The van der Waals surface area contributed by atoms with E-state index in [0.29, 0.717) is 12.3 Å². The predicted molar refractivity (Wildman–Crippen MR) is 141 cm³/mol. The van der Waals surface area contributed by atoms with Crippen LogP contribution >= 0.6 is 0 Å². The van der Waals surface area contributed by atoms with Crippen LogP contribution in [0.1, 0.15) is 64.5 Å². The molecule has 8 heteroatoms. The van der Waals surface area contributed by atoms with Gasteiger partial charge in [-0.1, -0.05) is 33.4 Å². The van der Waals surface area contributed by atoms with Crippen molar-refractivity contribution in [2.24, 2.45) is 16.7 Å². The molecule has 1 aromatic carbocycles. The molecule has 6 aliphatic rings. The first-order valence-corrected chi connectivity index (χ1v) is 15.4. The van der Waals surface area contributed by atoms with E-state index in [9.17, 15) is 18.6 Å². The van der Waals surface area contributed by atoms with Gasteiger partial charge in [0.25, 0.3) is 0 Å². The monoisotopic (exact) mass is 531 g/mol. The Balaban J connectivity index is 1.59. The van der Waals surface area contributed by atoms with Gasteiger partial charge in [0, 0.05) is 48.3 Å². The van der Waals surface area contributed by atoms with Gasteiger partial charge in [-0.3, -0.25) is 4.90 Å². The first-order valence-electron chi connectivity index (χ1n) is 13.5. The number of hydrogen-bond acceptors (Lipinski definition) is 7. The van der Waals surface area contributed by atoms with Crippen LogP contribution in [0.15, 0.2) is 23.6 Å². The molecule has 4 fully saturated rings. The summed E-state index contributed by atoms with van der Waals surface area (Å²) < 4.78 is 38.1. The van der Waals surface area contributed by atoms with E-state index < -0.39 is 26.5 Å². The number of phenolic OH excluding ortho intramolecular Hbond substituents is 1. The van der Waals surface area contributed by atoms with Crippen molar-refractivity contribution in [3.05, 3.63) is 34.7 Å². The number of benzene rings is 1. The molecule has 0 unspecified atom stereocenters. The van der Waals surface area contributed by atoms with Crippen molar-refractivity contribution in [3.8, 4) is 11.5 Å². The number of methoxy groups -OCH3 is 1. The van der Waals surface area contributed by atoms with E-state index in [1.807, 2.05) is 13.0 Å². The molecule has 2 N–H and O–H groups in total. The fraction of sp³-hybridized carbons (Fsp3) is 0.724. The highest BCUT2D eigenvalue weighted by molar-refractivity contribution is 7.94. The number of likely N-dealkylation sites (tertiary alicyclic amines) is 1. The lowest BCUT2D eigenvalue weighted by Gasteiger charge is -2.75. The number of aliphatic hydroxyl groups is 1. The van der Waals surface area contributed by atoms with Crippen molar-refractivity contribution >= 4 is 9.84 Å². The quantitative estimate of drug-likeness (QED) is 0.600. The van der Waals surface area contributed by atoms with Crippen LogP contribution in [-0.2, 0) is 26.4 Å². The maximum Gasteiger partial charge on any atom is 0.172 e. The average Bonchev–Trinajstić information content (AvgIpc) is 3.18. The number of piperidine rings is 1. The van der Waals surface area contributed by atoms with Crippen molar-refractivity contribution in [2.75, 3.05) is 26.5 Å². The molecule has 2 spiro atoms. The highest BCUT2D eigenvalue weighted by Crippen LogP contribution is 2.78. The number of sulfone groups is 1. The molecule has 7 rings (SSSR count). The number of ether oxygens (including phenoxy) is 2. The Hall–Kier alpha value is -1.61. The maximum absolute atomic E-state index is 12.4. The topological polar surface area (TPSA) is 96.3 Å². The second kappa shape index (κ2) is 7.32. The summed E-state index contributed by atoms with van der Waals surface area (Å²) in [6.45, 7) is 13.1. The van der Waals surface area contributed by atoms with E-state index in [1.165, 1.54) is 11.8 Å². The van der Waals surface area contributed by atoms with E-state index >= 15 is 0 Å². The zero-order chi connectivity index (χ0) is 27.0. The maximum atomic E-state index is 12.4. The number of aromatic hydroxyl groups is 1. The van der Waals surface area contributed by atoms with Gasteiger partial charge in [-0.25, -0.2) is 8.42 Å². The second-order valence-corrected chi connectivity index (χ2v) is 15.8. The summed E-state index contributed by atoms with van der Waals surface area (Å²) in [5.41, 5.74) is -0.475. The molecule has 2 aliphatic heterocycles. The summed E-state index contributed by atoms with van der Waals surface area (Å²) in [6, 6.07) is 3.81. The number of rotatable bonds is 5. The molecule has 37 heavy (non-hydrogen) atoms. The second-order valence-electron chi connectivity index (χ2n) is 13.6. The van der Waals surface area contributed by atoms with Gasteiger partial charge in [-0.15, -0.1) is 0 Å². The summed E-state index contributed by atoms with van der Waals surface area (Å²) in [4.78, 5) is 2.57. The molecule has 1 saturated heterocycles. The van der Waals surface area contributed by atoms with Gasteiger partial charge in [0.05, 0.1) is 10.5 Å². The third-order valence-corrected chi connectivity index (χ3v) is 12.7. The number of phenols is 1. The van der Waals surface area contributed by atoms with Gasteiger partial charge in [0.15, 0.2) is 21.3 Å². The van der Waals surface area contributed by atoms with Crippen molar-refractivity contribution in [1.82, 2.24) is 4.90 Å². The van der Waals surface area contributed by atoms with Crippen molar-refractivity contribution in [1.29, 1.82) is 0 Å². The van der Waals surface area contributed by atoms with Gasteiger partial charge in [-0.05, 0) is 62.6 Å². The molecule has 7 nitrogen and oxygen atoms in total. The highest BCUT2D eigenvalue weighted by Gasteiger charge is 2.82. The van der Waals surface area contributed by atoms with Crippen LogP contribution in [0.3, 0.4) is 0 Å². The van der Waals surface area contributed by atoms with Crippen LogP contribution in [0, 0.1) is 16.7 Å². The summed E-state index contributed by atoms with van der Waals surface area (Å²) in [5.74, 6) is 0.544. The van der Waals surface area contributed by atoms with Gasteiger partial charge in [-0.2, -0.15) is 0 Å². The van der Waals surface area contributed by atoms with Crippen LogP contribution in [0.4, 0.5) is 0 Å². The van der Waals surface area contributed by atoms with E-state index in [-0.39, 0.29) is 39.5 Å². The van der Waals surface area contributed by atoms with Crippen molar-refractivity contribution in [3.63, 3.8) is 0 Å². The third-order valence-electron chi connectivity index (χ3n) is 11.6. The van der Waals surface area contributed by atoms with Gasteiger partial charge < -0.3 is 19.7 Å². The lowest BCUT2D eigenvalue weighted by Crippen LogP contribution is -2.83. The minimum atomic E-state index is -3.36. The van der Waals surface area contributed by atoms with E-state index in [0.717, 1.165) is 44.2 Å². The summed E-state index contributed by atoms with van der Waals surface area (Å²) in [6.07, 6.45) is 4.83. The summed E-state index contributed by atoms with van der Waals surface area (Å²) in [5, 5.41) is 23.2. The Bertz CT molecular complexity index is 1300. The first kappa shape index (κ1) is 25.7. The van der Waals surface area contributed by atoms with Gasteiger partial charge >= 0.3 is 0 Å². The number of fused-ring (bicyclic) bond motifs is 2. The standard InChI is InChI=1S/C29H41NO6S/c1-17(37(7,33)34)16-30-13-12-28-22-18-8-9-19(31)23(22)36-24(28)29(35-6)11-10-27(28,21(30)14-18)15-20(29)26(5,32)25(2,3)4/h8-9,20-21,24,31-32H,1,10-16H2,2-7H3/t20-,21-,24-,26+,27-,28+,29+/m1/s1. The van der Waals surface area contributed by atoms with E-state index in [4.69, 9.17) is 9.47 Å². The SMILES string of the molecule is C=C(CN1CC[C@]23c4c5ccc(O)c4O[C@H]2[C@]2(OC)CC[C@@]3(C[C@@H]2[C@](C)(O)C(C)(C)C)[C@H]1C5)S(C)(=O)=O. The molecule has 2 heterocycles. The zero-order valence-electron chi connectivity index (χ0n) is 22.9. The highest BCUT2D eigenvalue weighted by atomic mass is 32.2. The average molecular weight is 532 g/mol. The normalized spacial score (nSPS) is 39.6. The molecule has 1 aromatic rings. The smallest absolute Gasteiger partial charge is 0.172 e. The molecular weight excluding hydrogens is 490 g/mol. The molecule has 0 radical (unpaired) electrons. The zero-order valence-corrected chi connectivity index (χ0v) is 23.7. The molecule has 0 amide bonds. The molecule has 4 bridgehead atoms. The van der Waals surface area contributed by atoms with Crippen LogP contribution < -0.4 is 4.74 Å². The fourth-order valence-electron chi connectivity index (χ4n) is 9.26. The Morgan fingerprint density at radius 1 is 1.24 bits per heavy atom. The Morgan fingerprint density at radius 2 is 1.95 bits per heavy atom. The van der Waals surface area contributed by atoms with Crippen LogP contribution in [-0.4, -0.2) is 73.3 Å².